The zero-order chi connectivity index (χ0) is 23.4. The van der Waals surface area contributed by atoms with Crippen LogP contribution in [0.4, 0.5) is 5.69 Å². The van der Waals surface area contributed by atoms with Crippen LogP contribution in [0.3, 0.4) is 0 Å². The largest absolute Gasteiger partial charge is 0.497 e. The molecule has 1 heterocycles. The molecule has 2 atom stereocenters. The van der Waals surface area contributed by atoms with Crippen molar-refractivity contribution in [1.82, 2.24) is 0 Å². The number of hydrogen-bond donors (Lipinski definition) is 0. The Hall–Kier alpha value is -3.93. The van der Waals surface area contributed by atoms with E-state index in [0.29, 0.717) is 17.7 Å². The molecule has 0 spiro atoms. The molecule has 168 valence electrons. The van der Waals surface area contributed by atoms with Crippen molar-refractivity contribution >= 4 is 23.3 Å². The van der Waals surface area contributed by atoms with E-state index in [-0.39, 0.29) is 6.61 Å². The van der Waals surface area contributed by atoms with Gasteiger partial charge in [-0.25, -0.2) is 4.79 Å². The zero-order valence-electron chi connectivity index (χ0n) is 18.6. The normalized spacial score (nSPS) is 17.8. The lowest BCUT2D eigenvalue weighted by Crippen LogP contribution is -2.29. The number of benzene rings is 3. The molecular formula is C27H25NO5. The number of esters is 1. The molecule has 1 fully saturated rings. The second-order valence-electron chi connectivity index (χ2n) is 7.82. The van der Waals surface area contributed by atoms with Gasteiger partial charge in [-0.2, -0.15) is 0 Å². The minimum atomic E-state index is -0.550. The first-order valence-corrected chi connectivity index (χ1v) is 10.9. The van der Waals surface area contributed by atoms with Crippen LogP contribution in [-0.2, 0) is 20.7 Å². The molecular weight excluding hydrogens is 418 g/mol. The fourth-order valence-electron chi connectivity index (χ4n) is 4.23. The third-order valence-corrected chi connectivity index (χ3v) is 5.84. The molecule has 6 heteroatoms. The molecule has 0 N–H and O–H groups in total. The van der Waals surface area contributed by atoms with Crippen molar-refractivity contribution in [2.75, 3.05) is 18.6 Å². The molecule has 0 radical (unpaired) electrons. The quantitative estimate of drug-likeness (QED) is 0.400. The molecule has 6 nitrogen and oxygen atoms in total. The predicted molar refractivity (Wildman–Crippen MR) is 124 cm³/mol. The van der Waals surface area contributed by atoms with Crippen molar-refractivity contribution in [2.45, 2.75) is 19.4 Å². The van der Waals surface area contributed by atoms with E-state index in [0.717, 1.165) is 16.9 Å². The van der Waals surface area contributed by atoms with E-state index in [1.54, 1.807) is 43.2 Å². The van der Waals surface area contributed by atoms with Gasteiger partial charge in [-0.1, -0.05) is 42.5 Å². The van der Waals surface area contributed by atoms with Gasteiger partial charge in [0, 0.05) is 5.69 Å². The number of amides is 1. The standard InChI is InChI=1S/C27H25NO5/c1-3-33-27(31)20-11-13-21(14-12-20)28-24(19-7-5-4-6-8-19)23(25(29)26(28)30)17-18-9-15-22(32-2)16-10-18/h4-16,23-24H,3,17H2,1-2H3. The van der Waals surface area contributed by atoms with Gasteiger partial charge in [-0.3, -0.25) is 14.5 Å². The van der Waals surface area contributed by atoms with Gasteiger partial charge in [-0.15, -0.1) is 0 Å². The van der Waals surface area contributed by atoms with E-state index >= 15 is 0 Å². The van der Waals surface area contributed by atoms with E-state index < -0.39 is 29.6 Å². The molecule has 1 amide bonds. The molecule has 4 rings (SSSR count). The fraction of sp³-hybridized carbons (Fsp3) is 0.222. The summed E-state index contributed by atoms with van der Waals surface area (Å²) < 4.78 is 10.3. The number of carbonyl (C=O) groups is 3. The van der Waals surface area contributed by atoms with Gasteiger partial charge in [0.2, 0.25) is 5.78 Å². The lowest BCUT2D eigenvalue weighted by molar-refractivity contribution is -0.135. The summed E-state index contributed by atoms with van der Waals surface area (Å²) in [6, 6.07) is 23.2. The summed E-state index contributed by atoms with van der Waals surface area (Å²) in [5.41, 5.74) is 2.78. The summed E-state index contributed by atoms with van der Waals surface area (Å²) in [5.74, 6) is -1.21. The monoisotopic (exact) mass is 443 g/mol. The number of ketones is 1. The Morgan fingerprint density at radius 3 is 2.18 bits per heavy atom. The second-order valence-corrected chi connectivity index (χ2v) is 7.82. The van der Waals surface area contributed by atoms with Gasteiger partial charge >= 0.3 is 5.97 Å². The van der Waals surface area contributed by atoms with E-state index in [4.69, 9.17) is 9.47 Å². The van der Waals surface area contributed by atoms with E-state index in [1.165, 1.54) is 0 Å². The van der Waals surface area contributed by atoms with Crippen molar-refractivity contribution in [1.29, 1.82) is 0 Å². The van der Waals surface area contributed by atoms with Crippen LogP contribution in [0, 0.1) is 5.92 Å². The smallest absolute Gasteiger partial charge is 0.338 e. The van der Waals surface area contributed by atoms with Gasteiger partial charge in [0.05, 0.1) is 31.2 Å². The number of anilines is 1. The van der Waals surface area contributed by atoms with Crippen molar-refractivity contribution in [3.63, 3.8) is 0 Å². The van der Waals surface area contributed by atoms with Gasteiger partial charge in [0.1, 0.15) is 5.75 Å². The molecule has 0 saturated carbocycles. The van der Waals surface area contributed by atoms with Gasteiger partial charge < -0.3 is 9.47 Å². The molecule has 0 aliphatic carbocycles. The molecule has 3 aromatic carbocycles. The van der Waals surface area contributed by atoms with Crippen LogP contribution in [0.15, 0.2) is 78.9 Å². The highest BCUT2D eigenvalue weighted by atomic mass is 16.5. The average Bonchev–Trinajstić information content (AvgIpc) is 3.10. The summed E-state index contributed by atoms with van der Waals surface area (Å²) in [6.45, 7) is 2.02. The maximum Gasteiger partial charge on any atom is 0.338 e. The Morgan fingerprint density at radius 2 is 1.58 bits per heavy atom. The third-order valence-electron chi connectivity index (χ3n) is 5.84. The van der Waals surface area contributed by atoms with Crippen molar-refractivity contribution in [3.05, 3.63) is 95.6 Å². The summed E-state index contributed by atoms with van der Waals surface area (Å²) in [4.78, 5) is 39.9. The molecule has 1 saturated heterocycles. The predicted octanol–water partition coefficient (Wildman–Crippen LogP) is 4.39. The first-order chi connectivity index (χ1) is 16.0. The van der Waals surface area contributed by atoms with Crippen LogP contribution in [0.1, 0.15) is 34.5 Å². The highest BCUT2D eigenvalue weighted by Crippen LogP contribution is 2.41. The van der Waals surface area contributed by atoms with Crippen LogP contribution in [0.25, 0.3) is 0 Å². The molecule has 1 aliphatic rings. The highest BCUT2D eigenvalue weighted by molar-refractivity contribution is 6.45. The average molecular weight is 443 g/mol. The van der Waals surface area contributed by atoms with Crippen LogP contribution in [-0.4, -0.2) is 31.4 Å². The summed E-state index contributed by atoms with van der Waals surface area (Å²) >= 11 is 0. The minimum Gasteiger partial charge on any atom is -0.497 e. The van der Waals surface area contributed by atoms with Crippen LogP contribution in [0.2, 0.25) is 0 Å². The number of Topliss-reactive ketones (excluding diaryl/α,β-unsaturated/α-hetero) is 1. The molecule has 3 aromatic rings. The first-order valence-electron chi connectivity index (χ1n) is 10.9. The third kappa shape index (κ3) is 4.51. The molecule has 1 aliphatic heterocycles. The number of methoxy groups -OCH3 is 1. The summed E-state index contributed by atoms with van der Waals surface area (Å²) in [7, 11) is 1.60. The van der Waals surface area contributed by atoms with E-state index in [9.17, 15) is 14.4 Å². The van der Waals surface area contributed by atoms with Crippen LogP contribution < -0.4 is 9.64 Å². The number of hydrogen-bond acceptors (Lipinski definition) is 5. The van der Waals surface area contributed by atoms with Crippen molar-refractivity contribution in [3.8, 4) is 5.75 Å². The van der Waals surface area contributed by atoms with Gasteiger partial charge in [0.15, 0.2) is 0 Å². The molecule has 0 bridgehead atoms. The number of ether oxygens (including phenoxy) is 2. The topological polar surface area (TPSA) is 72.9 Å². The highest BCUT2D eigenvalue weighted by Gasteiger charge is 2.48. The number of nitrogens with zero attached hydrogens (tertiary/aromatic N) is 1. The Balaban J connectivity index is 1.70. The van der Waals surface area contributed by atoms with Crippen LogP contribution >= 0.6 is 0 Å². The van der Waals surface area contributed by atoms with E-state index in [2.05, 4.69) is 0 Å². The van der Waals surface area contributed by atoms with E-state index in [1.807, 2.05) is 54.6 Å². The van der Waals surface area contributed by atoms with Gasteiger partial charge in [-0.05, 0) is 60.9 Å². The van der Waals surface area contributed by atoms with Crippen molar-refractivity contribution in [2.24, 2.45) is 5.92 Å². The molecule has 0 aromatic heterocycles. The van der Waals surface area contributed by atoms with Crippen molar-refractivity contribution < 1.29 is 23.9 Å². The molecule has 33 heavy (non-hydrogen) atoms. The fourth-order valence-corrected chi connectivity index (χ4v) is 4.23. The van der Waals surface area contributed by atoms with Gasteiger partial charge in [0.25, 0.3) is 5.91 Å². The minimum absolute atomic E-state index is 0.281. The lowest BCUT2D eigenvalue weighted by atomic mass is 9.87. The maximum absolute atomic E-state index is 13.2. The summed E-state index contributed by atoms with van der Waals surface area (Å²) in [6.07, 6.45) is 0.422. The lowest BCUT2D eigenvalue weighted by Gasteiger charge is -2.28. The number of rotatable bonds is 7. The Bertz CT molecular complexity index is 1140. The second kappa shape index (κ2) is 9.69. The Morgan fingerprint density at radius 1 is 0.909 bits per heavy atom. The zero-order valence-corrected chi connectivity index (χ0v) is 18.6. The molecule has 2 unspecified atom stereocenters. The maximum atomic E-state index is 13.2. The Kier molecular flexibility index (Phi) is 6.54. The number of carbonyl (C=O) groups excluding carboxylic acids is 3. The van der Waals surface area contributed by atoms with Crippen LogP contribution in [0.5, 0.6) is 5.75 Å². The Labute approximate surface area is 192 Å². The SMILES string of the molecule is CCOC(=O)c1ccc(N2C(=O)C(=O)C(Cc3ccc(OC)cc3)C2c2ccccc2)cc1. The first kappa shape index (κ1) is 22.3. The summed E-state index contributed by atoms with van der Waals surface area (Å²) in [5, 5.41) is 0.